The number of nitrogens with zero attached hydrogens (tertiary/aromatic N) is 1. The molecule has 0 bridgehead atoms. The lowest BCUT2D eigenvalue weighted by Crippen LogP contribution is -2.18. The maximum absolute atomic E-state index is 12.8. The van der Waals surface area contributed by atoms with Crippen LogP contribution in [0.1, 0.15) is 24.5 Å². The molecule has 1 heterocycles. The van der Waals surface area contributed by atoms with Gasteiger partial charge in [-0.2, -0.15) is 0 Å². The minimum absolute atomic E-state index is 0.112. The molecule has 0 aromatic heterocycles. The molecule has 4 nitrogen and oxygen atoms in total. The molecule has 0 saturated heterocycles. The average Bonchev–Trinajstić information content (AvgIpc) is 2.93. The van der Waals surface area contributed by atoms with E-state index in [9.17, 15) is 9.59 Å². The Labute approximate surface area is 140 Å². The summed E-state index contributed by atoms with van der Waals surface area (Å²) in [6.07, 6.45) is -0.112. The maximum Gasteiger partial charge on any atom is 0.312 e. The molecular weight excluding hydrogens is 302 g/mol. The molecule has 0 atom stereocenters. The van der Waals surface area contributed by atoms with E-state index in [0.29, 0.717) is 11.3 Å². The molecule has 0 radical (unpaired) electrons. The summed E-state index contributed by atoms with van der Waals surface area (Å²) in [6, 6.07) is 18.9. The van der Waals surface area contributed by atoms with E-state index in [0.717, 1.165) is 11.1 Å². The highest BCUT2D eigenvalue weighted by atomic mass is 16.5. The number of ketones is 1. The van der Waals surface area contributed by atoms with Crippen molar-refractivity contribution in [2.45, 2.75) is 13.3 Å². The Morgan fingerprint density at radius 1 is 0.958 bits per heavy atom. The van der Waals surface area contributed by atoms with Crippen molar-refractivity contribution in [3.05, 3.63) is 71.8 Å². The van der Waals surface area contributed by atoms with Crippen LogP contribution in [-0.2, 0) is 14.3 Å². The van der Waals surface area contributed by atoms with Crippen LogP contribution in [0.2, 0.25) is 0 Å². The lowest BCUT2D eigenvalue weighted by Gasteiger charge is -2.05. The lowest BCUT2D eigenvalue weighted by atomic mass is 9.96. The molecule has 0 aliphatic carbocycles. The number of hydrogen-bond acceptors (Lipinski definition) is 4. The van der Waals surface area contributed by atoms with Gasteiger partial charge in [-0.1, -0.05) is 60.7 Å². The van der Waals surface area contributed by atoms with Gasteiger partial charge in [0.2, 0.25) is 5.78 Å². The molecule has 2 aromatic rings. The van der Waals surface area contributed by atoms with Crippen LogP contribution in [-0.4, -0.2) is 24.1 Å². The molecule has 24 heavy (non-hydrogen) atoms. The largest absolute Gasteiger partial charge is 0.466 e. The minimum atomic E-state index is -0.439. The highest BCUT2D eigenvalue weighted by Gasteiger charge is 2.30. The van der Waals surface area contributed by atoms with Gasteiger partial charge >= 0.3 is 5.97 Å². The minimum Gasteiger partial charge on any atom is -0.466 e. The van der Waals surface area contributed by atoms with E-state index in [1.165, 1.54) is 0 Å². The smallest absolute Gasteiger partial charge is 0.312 e. The molecule has 2 aromatic carbocycles. The standard InChI is InChI=1S/C20H17NO3/c1-2-24-17(22)13-16-20(23)18(14-9-5-3-6-10-14)19(21-16)15-11-7-4-8-12-15/h3-12H,2,13H2,1H3. The number of Topliss-reactive ketones (excluding diaryl/α,β-unsaturated/α-hetero) is 1. The molecule has 0 unspecified atom stereocenters. The third-order valence-corrected chi connectivity index (χ3v) is 3.70. The van der Waals surface area contributed by atoms with Gasteiger partial charge in [0.05, 0.1) is 24.3 Å². The van der Waals surface area contributed by atoms with Gasteiger partial charge in [0.25, 0.3) is 0 Å². The molecule has 120 valence electrons. The Morgan fingerprint density at radius 3 is 2.12 bits per heavy atom. The van der Waals surface area contributed by atoms with Crippen LogP contribution in [0, 0.1) is 0 Å². The molecule has 0 saturated carbocycles. The van der Waals surface area contributed by atoms with Crippen LogP contribution in [0.3, 0.4) is 0 Å². The predicted molar refractivity (Wildman–Crippen MR) is 93.4 cm³/mol. The van der Waals surface area contributed by atoms with Crippen molar-refractivity contribution in [3.8, 4) is 0 Å². The number of carbonyl (C=O) groups is 2. The normalized spacial score (nSPS) is 13.9. The fourth-order valence-electron chi connectivity index (χ4n) is 2.64. The fraction of sp³-hybridized carbons (Fsp3) is 0.150. The zero-order valence-corrected chi connectivity index (χ0v) is 13.4. The van der Waals surface area contributed by atoms with Gasteiger partial charge in [0, 0.05) is 5.56 Å². The molecule has 0 spiro atoms. The molecule has 0 N–H and O–H groups in total. The number of carbonyl (C=O) groups excluding carboxylic acids is 2. The first-order chi connectivity index (χ1) is 11.7. The summed E-state index contributed by atoms with van der Waals surface area (Å²) in [4.78, 5) is 29.1. The summed E-state index contributed by atoms with van der Waals surface area (Å²) >= 11 is 0. The molecule has 4 heteroatoms. The van der Waals surface area contributed by atoms with Gasteiger partial charge in [-0.05, 0) is 12.5 Å². The van der Waals surface area contributed by atoms with E-state index in [4.69, 9.17) is 4.74 Å². The number of hydrogen-bond donors (Lipinski definition) is 0. The maximum atomic E-state index is 12.8. The third kappa shape index (κ3) is 3.18. The number of aliphatic imine (C=N–C) groups is 1. The summed E-state index contributed by atoms with van der Waals surface area (Å²) in [5, 5.41) is 0. The Morgan fingerprint density at radius 2 is 1.54 bits per heavy atom. The van der Waals surface area contributed by atoms with Gasteiger partial charge in [-0.15, -0.1) is 0 Å². The first kappa shape index (κ1) is 15.9. The number of benzene rings is 2. The van der Waals surface area contributed by atoms with E-state index < -0.39 is 5.97 Å². The topological polar surface area (TPSA) is 55.7 Å². The second kappa shape index (κ2) is 7.04. The molecule has 3 rings (SSSR count). The lowest BCUT2D eigenvalue weighted by molar-refractivity contribution is -0.141. The van der Waals surface area contributed by atoms with E-state index in [1.807, 2.05) is 60.7 Å². The highest BCUT2D eigenvalue weighted by Crippen LogP contribution is 2.34. The Bertz CT molecular complexity index is 820. The molecule has 1 aliphatic heterocycles. The Kier molecular flexibility index (Phi) is 4.66. The van der Waals surface area contributed by atoms with E-state index in [1.54, 1.807) is 6.92 Å². The van der Waals surface area contributed by atoms with Crippen molar-refractivity contribution in [1.82, 2.24) is 0 Å². The molecule has 0 fully saturated rings. The highest BCUT2D eigenvalue weighted by molar-refractivity contribution is 6.62. The van der Waals surface area contributed by atoms with Gasteiger partial charge in [-0.3, -0.25) is 9.59 Å². The molecule has 0 amide bonds. The van der Waals surface area contributed by atoms with Gasteiger partial charge in [-0.25, -0.2) is 4.99 Å². The quantitative estimate of drug-likeness (QED) is 0.792. The monoisotopic (exact) mass is 319 g/mol. The van der Waals surface area contributed by atoms with Crippen LogP contribution in [0.5, 0.6) is 0 Å². The van der Waals surface area contributed by atoms with Gasteiger partial charge in [0.1, 0.15) is 5.71 Å². The van der Waals surface area contributed by atoms with Crippen LogP contribution < -0.4 is 0 Å². The van der Waals surface area contributed by atoms with Crippen molar-refractivity contribution in [2.24, 2.45) is 4.99 Å². The Balaban J connectivity index is 2.03. The number of ether oxygens (including phenoxy) is 1. The second-order valence-corrected chi connectivity index (χ2v) is 5.33. The van der Waals surface area contributed by atoms with Gasteiger partial charge < -0.3 is 4.74 Å². The first-order valence-electron chi connectivity index (χ1n) is 7.83. The van der Waals surface area contributed by atoms with Crippen LogP contribution in [0.25, 0.3) is 11.3 Å². The predicted octanol–water partition coefficient (Wildman–Crippen LogP) is 3.53. The Hall–Kier alpha value is -3.01. The fourth-order valence-corrected chi connectivity index (χ4v) is 2.64. The van der Waals surface area contributed by atoms with Gasteiger partial charge in [0.15, 0.2) is 0 Å². The zero-order chi connectivity index (χ0) is 16.9. The molecular formula is C20H17NO3. The number of rotatable bonds is 5. The first-order valence-corrected chi connectivity index (χ1v) is 7.83. The van der Waals surface area contributed by atoms with Crippen molar-refractivity contribution in [1.29, 1.82) is 0 Å². The third-order valence-electron chi connectivity index (χ3n) is 3.70. The number of esters is 1. The van der Waals surface area contributed by atoms with Crippen molar-refractivity contribution < 1.29 is 14.3 Å². The van der Waals surface area contributed by atoms with E-state index in [2.05, 4.69) is 4.99 Å². The van der Waals surface area contributed by atoms with Crippen LogP contribution in [0.4, 0.5) is 0 Å². The summed E-state index contributed by atoms with van der Waals surface area (Å²) in [5.41, 5.74) is 3.01. The summed E-state index contributed by atoms with van der Waals surface area (Å²) < 4.78 is 4.94. The summed E-state index contributed by atoms with van der Waals surface area (Å²) in [7, 11) is 0. The number of allylic oxidation sites excluding steroid dienone is 1. The van der Waals surface area contributed by atoms with E-state index in [-0.39, 0.29) is 24.5 Å². The summed E-state index contributed by atoms with van der Waals surface area (Å²) in [6.45, 7) is 2.02. The molecule has 1 aliphatic rings. The second-order valence-electron chi connectivity index (χ2n) is 5.33. The zero-order valence-electron chi connectivity index (χ0n) is 13.4. The van der Waals surface area contributed by atoms with Crippen LogP contribution >= 0.6 is 0 Å². The van der Waals surface area contributed by atoms with Crippen molar-refractivity contribution in [2.75, 3.05) is 6.61 Å². The average molecular weight is 319 g/mol. The van der Waals surface area contributed by atoms with E-state index >= 15 is 0 Å². The van der Waals surface area contributed by atoms with Crippen LogP contribution in [0.15, 0.2) is 65.7 Å². The van der Waals surface area contributed by atoms with Crippen molar-refractivity contribution in [3.63, 3.8) is 0 Å². The SMILES string of the molecule is CCOC(=O)CC1=NC(c2ccccc2)=C(c2ccccc2)C1=O. The summed E-state index contributed by atoms with van der Waals surface area (Å²) in [5.74, 6) is -0.653. The van der Waals surface area contributed by atoms with Crippen molar-refractivity contribution >= 4 is 28.7 Å².